The van der Waals surface area contributed by atoms with E-state index in [1.165, 1.54) is 17.3 Å². The highest BCUT2D eigenvalue weighted by atomic mass is 16.2. The van der Waals surface area contributed by atoms with Crippen LogP contribution in [0.15, 0.2) is 61.3 Å². The predicted octanol–water partition coefficient (Wildman–Crippen LogP) is 1.07. The minimum Gasteiger partial charge on any atom is -0.321 e. The summed E-state index contributed by atoms with van der Waals surface area (Å²) in [7, 11) is 0. The number of carbonyl (C=O) groups is 3. The third-order valence-corrected chi connectivity index (χ3v) is 4.62. The zero-order valence-corrected chi connectivity index (χ0v) is 15.4. The lowest BCUT2D eigenvalue weighted by atomic mass is 9.92. The minimum absolute atomic E-state index is 0.365. The molecule has 3 aromatic rings. The van der Waals surface area contributed by atoms with Gasteiger partial charge in [0, 0.05) is 6.20 Å². The van der Waals surface area contributed by atoms with Gasteiger partial charge in [-0.15, -0.1) is 0 Å². The highest BCUT2D eigenvalue weighted by molar-refractivity contribution is 6.10. The van der Waals surface area contributed by atoms with E-state index in [4.69, 9.17) is 0 Å². The average Bonchev–Trinajstić information content (AvgIpc) is 3.33. The maximum Gasteiger partial charge on any atom is 0.325 e. The van der Waals surface area contributed by atoms with Crippen LogP contribution in [-0.4, -0.2) is 49.0 Å². The fourth-order valence-electron chi connectivity index (χ4n) is 3.14. The van der Waals surface area contributed by atoms with Gasteiger partial charge in [-0.3, -0.25) is 14.5 Å². The van der Waals surface area contributed by atoms with E-state index in [-0.39, 0.29) is 0 Å². The lowest BCUT2D eigenvalue weighted by Crippen LogP contribution is -2.42. The van der Waals surface area contributed by atoms with Crippen LogP contribution in [0.4, 0.5) is 10.5 Å². The molecule has 0 spiro atoms. The van der Waals surface area contributed by atoms with Gasteiger partial charge in [0.05, 0.1) is 5.69 Å². The van der Waals surface area contributed by atoms with Crippen LogP contribution >= 0.6 is 0 Å². The van der Waals surface area contributed by atoms with Crippen molar-refractivity contribution >= 4 is 23.5 Å². The fraction of sp³-hybridized carbons (Fsp3) is 0.158. The van der Waals surface area contributed by atoms with E-state index in [1.54, 1.807) is 49.5 Å². The summed E-state index contributed by atoms with van der Waals surface area (Å²) in [6, 6.07) is 11.5. The monoisotopic (exact) mass is 391 g/mol. The summed E-state index contributed by atoms with van der Waals surface area (Å²) in [5.41, 5.74) is -0.207. The van der Waals surface area contributed by atoms with Crippen molar-refractivity contribution in [3.8, 4) is 5.82 Å². The Hall–Kier alpha value is -4.08. The molecule has 10 heteroatoms. The molecule has 1 saturated heterocycles. The van der Waals surface area contributed by atoms with E-state index in [9.17, 15) is 14.4 Å². The Labute approximate surface area is 165 Å². The third-order valence-electron chi connectivity index (χ3n) is 4.62. The maximum atomic E-state index is 12.9. The molecule has 2 aromatic heterocycles. The molecule has 1 unspecified atom stereocenters. The van der Waals surface area contributed by atoms with Gasteiger partial charge in [0.1, 0.15) is 24.7 Å². The Bertz CT molecular complexity index is 1070. The number of carbonyl (C=O) groups excluding carboxylic acids is 3. The lowest BCUT2D eigenvalue weighted by molar-refractivity contribution is -0.133. The summed E-state index contributed by atoms with van der Waals surface area (Å²) in [5, 5.41) is 9.34. The highest BCUT2D eigenvalue weighted by Crippen LogP contribution is 2.28. The van der Waals surface area contributed by atoms with E-state index >= 15 is 0 Å². The summed E-state index contributed by atoms with van der Waals surface area (Å²) in [5.74, 6) is -0.670. The highest BCUT2D eigenvalue weighted by Gasteiger charge is 2.49. The Morgan fingerprint density at radius 1 is 1.17 bits per heavy atom. The molecule has 0 radical (unpaired) electrons. The van der Waals surface area contributed by atoms with E-state index in [2.05, 4.69) is 25.7 Å². The van der Waals surface area contributed by atoms with Crippen molar-refractivity contribution in [2.24, 2.45) is 0 Å². The third kappa shape index (κ3) is 3.31. The van der Waals surface area contributed by atoms with Gasteiger partial charge < -0.3 is 10.6 Å². The summed E-state index contributed by atoms with van der Waals surface area (Å²) in [6.45, 7) is 1.18. The molecule has 4 rings (SSSR count). The van der Waals surface area contributed by atoms with Crippen LogP contribution in [0.2, 0.25) is 0 Å². The van der Waals surface area contributed by atoms with Crippen LogP contribution in [0.1, 0.15) is 12.5 Å². The van der Waals surface area contributed by atoms with Crippen molar-refractivity contribution in [1.29, 1.82) is 0 Å². The van der Waals surface area contributed by atoms with Gasteiger partial charge in [0.2, 0.25) is 5.91 Å². The number of hydrogen-bond donors (Lipinski definition) is 2. The molecule has 0 saturated carbocycles. The van der Waals surface area contributed by atoms with E-state index in [1.807, 2.05) is 6.07 Å². The van der Waals surface area contributed by atoms with Crippen LogP contribution in [-0.2, 0) is 15.1 Å². The summed E-state index contributed by atoms with van der Waals surface area (Å²) < 4.78 is 1.40. The van der Waals surface area contributed by atoms with Crippen LogP contribution in [0.5, 0.6) is 0 Å². The molecule has 0 bridgehead atoms. The van der Waals surface area contributed by atoms with Crippen LogP contribution < -0.4 is 10.6 Å². The number of benzene rings is 1. The van der Waals surface area contributed by atoms with Crippen LogP contribution in [0.3, 0.4) is 0 Å². The standard InChI is InChI=1S/C19H17N7O3/c1-19(13-6-3-2-4-7-13)17(28)25(18(29)24-19)10-15(27)23-14-8-5-9-21-16(14)26-12-20-11-22-26/h2-9,11-12H,10H2,1H3,(H,23,27)(H,24,29). The number of aromatic nitrogens is 4. The maximum absolute atomic E-state index is 12.9. The van der Waals surface area contributed by atoms with Gasteiger partial charge in [-0.05, 0) is 24.6 Å². The first-order valence-electron chi connectivity index (χ1n) is 8.78. The van der Waals surface area contributed by atoms with Gasteiger partial charge in [-0.25, -0.2) is 19.4 Å². The quantitative estimate of drug-likeness (QED) is 0.628. The number of nitrogens with zero attached hydrogens (tertiary/aromatic N) is 5. The smallest absolute Gasteiger partial charge is 0.321 e. The number of pyridine rings is 1. The van der Waals surface area contributed by atoms with Gasteiger partial charge in [-0.2, -0.15) is 5.10 Å². The number of anilines is 1. The molecule has 1 aliphatic rings. The van der Waals surface area contributed by atoms with Crippen molar-refractivity contribution in [1.82, 2.24) is 30.0 Å². The molecule has 0 aliphatic carbocycles. The Morgan fingerprint density at radius 2 is 1.97 bits per heavy atom. The van der Waals surface area contributed by atoms with Gasteiger partial charge >= 0.3 is 6.03 Å². The Balaban J connectivity index is 1.51. The fourth-order valence-corrected chi connectivity index (χ4v) is 3.14. The van der Waals surface area contributed by atoms with E-state index < -0.39 is 29.9 Å². The average molecular weight is 391 g/mol. The topological polar surface area (TPSA) is 122 Å². The van der Waals surface area contributed by atoms with Crippen LogP contribution in [0, 0.1) is 0 Å². The summed E-state index contributed by atoms with van der Waals surface area (Å²) >= 11 is 0. The number of rotatable bonds is 5. The largest absolute Gasteiger partial charge is 0.325 e. The van der Waals surface area contributed by atoms with E-state index in [0.717, 1.165) is 4.90 Å². The van der Waals surface area contributed by atoms with Crippen molar-refractivity contribution in [2.45, 2.75) is 12.5 Å². The van der Waals surface area contributed by atoms with Gasteiger partial charge in [-0.1, -0.05) is 30.3 Å². The Morgan fingerprint density at radius 3 is 2.69 bits per heavy atom. The zero-order chi connectivity index (χ0) is 20.4. The second-order valence-corrected chi connectivity index (χ2v) is 6.58. The molecule has 1 atom stereocenters. The second kappa shape index (κ2) is 7.15. The molecule has 4 amide bonds. The van der Waals surface area contributed by atoms with Crippen LogP contribution in [0.25, 0.3) is 5.82 Å². The zero-order valence-electron chi connectivity index (χ0n) is 15.4. The predicted molar refractivity (Wildman–Crippen MR) is 102 cm³/mol. The molecule has 1 aliphatic heterocycles. The number of nitrogens with one attached hydrogen (secondary N) is 2. The van der Waals surface area contributed by atoms with Gasteiger partial charge in [0.15, 0.2) is 5.82 Å². The number of hydrogen-bond acceptors (Lipinski definition) is 6. The number of amides is 4. The molecule has 1 aromatic carbocycles. The molecule has 1 fully saturated rings. The number of urea groups is 1. The lowest BCUT2D eigenvalue weighted by Gasteiger charge is -2.22. The molecular weight excluding hydrogens is 374 g/mol. The second-order valence-electron chi connectivity index (χ2n) is 6.58. The Kier molecular flexibility index (Phi) is 4.51. The van der Waals surface area contributed by atoms with Crippen molar-refractivity contribution < 1.29 is 14.4 Å². The normalized spacial score (nSPS) is 18.6. The molecule has 2 N–H and O–H groups in total. The first-order valence-corrected chi connectivity index (χ1v) is 8.78. The van der Waals surface area contributed by atoms with E-state index in [0.29, 0.717) is 17.1 Å². The molecule has 3 heterocycles. The van der Waals surface area contributed by atoms with Crippen molar-refractivity contribution in [3.63, 3.8) is 0 Å². The summed E-state index contributed by atoms with van der Waals surface area (Å²) in [4.78, 5) is 46.8. The molecule has 10 nitrogen and oxygen atoms in total. The number of imide groups is 1. The van der Waals surface area contributed by atoms with Crippen molar-refractivity contribution in [2.75, 3.05) is 11.9 Å². The molecule has 146 valence electrons. The van der Waals surface area contributed by atoms with Gasteiger partial charge in [0.25, 0.3) is 5.91 Å². The van der Waals surface area contributed by atoms with Crippen molar-refractivity contribution in [3.05, 3.63) is 66.9 Å². The summed E-state index contributed by atoms with van der Waals surface area (Å²) in [6.07, 6.45) is 4.34. The molecular formula is C19H17N7O3. The molecule has 29 heavy (non-hydrogen) atoms. The minimum atomic E-state index is -1.22. The first-order chi connectivity index (χ1) is 14.0. The first kappa shape index (κ1) is 18.3. The SMILES string of the molecule is CC1(c2ccccc2)NC(=O)N(CC(=O)Nc2cccnc2-n2cncn2)C1=O.